The first kappa shape index (κ1) is 17.0. The van der Waals surface area contributed by atoms with Crippen LogP contribution in [0.4, 0.5) is 0 Å². The van der Waals surface area contributed by atoms with Crippen LogP contribution < -0.4 is 5.56 Å². The van der Waals surface area contributed by atoms with Crippen molar-refractivity contribution in [1.82, 2.24) is 9.88 Å². The molecule has 1 aromatic carbocycles. The minimum absolute atomic E-state index is 0.0599. The summed E-state index contributed by atoms with van der Waals surface area (Å²) in [5.74, 6) is 0. The lowest BCUT2D eigenvalue weighted by Crippen LogP contribution is -2.23. The van der Waals surface area contributed by atoms with Crippen molar-refractivity contribution in [3.63, 3.8) is 0 Å². The number of hydrogen-bond donors (Lipinski definition) is 2. The summed E-state index contributed by atoms with van der Waals surface area (Å²) in [6.45, 7) is 4.42. The van der Waals surface area contributed by atoms with Crippen LogP contribution in [-0.4, -0.2) is 34.6 Å². The number of rotatable bonds is 3. The van der Waals surface area contributed by atoms with Gasteiger partial charge in [-0.2, -0.15) is 0 Å². The predicted octanol–water partition coefficient (Wildman–Crippen LogP) is 2.90. The zero-order chi connectivity index (χ0) is 16.7. The van der Waals surface area contributed by atoms with E-state index in [-0.39, 0.29) is 12.0 Å². The molecular weight excluding hydrogens is 292 g/mol. The number of carbonyl (C=O) groups is 1. The van der Waals surface area contributed by atoms with E-state index in [0.717, 1.165) is 11.1 Å². The van der Waals surface area contributed by atoms with Crippen LogP contribution in [-0.2, 0) is 4.79 Å². The summed E-state index contributed by atoms with van der Waals surface area (Å²) >= 11 is 0. The maximum atomic E-state index is 11.1. The van der Waals surface area contributed by atoms with Crippen molar-refractivity contribution in [3.8, 4) is 11.1 Å². The number of nitrogens with one attached hydrogen (secondary N) is 1. The fourth-order valence-corrected chi connectivity index (χ4v) is 2.91. The lowest BCUT2D eigenvalue weighted by Gasteiger charge is -2.24. The summed E-state index contributed by atoms with van der Waals surface area (Å²) in [5.41, 5.74) is 3.50. The number of benzene rings is 1. The predicted molar refractivity (Wildman–Crippen MR) is 90.4 cm³/mol. The first-order valence-electron chi connectivity index (χ1n) is 7.76. The highest BCUT2D eigenvalue weighted by atomic mass is 16.3. The van der Waals surface area contributed by atoms with E-state index in [1.807, 2.05) is 6.07 Å². The van der Waals surface area contributed by atoms with E-state index >= 15 is 0 Å². The second-order valence-corrected chi connectivity index (χ2v) is 5.59. The van der Waals surface area contributed by atoms with Crippen LogP contribution in [0.5, 0.6) is 0 Å². The van der Waals surface area contributed by atoms with Crippen LogP contribution in [0.25, 0.3) is 11.1 Å². The van der Waals surface area contributed by atoms with Crippen molar-refractivity contribution in [2.75, 3.05) is 13.1 Å². The lowest BCUT2D eigenvalue weighted by atomic mass is 10.0. The van der Waals surface area contributed by atoms with Crippen LogP contribution in [0, 0.1) is 0 Å². The number of likely N-dealkylation sites (tertiary alicyclic amines) is 1. The maximum absolute atomic E-state index is 11.1. The number of hydrogen-bond acceptors (Lipinski definition) is 3. The van der Waals surface area contributed by atoms with Crippen LogP contribution >= 0.6 is 0 Å². The molecule has 0 radical (unpaired) electrons. The Hall–Kier alpha value is -2.40. The van der Waals surface area contributed by atoms with Gasteiger partial charge in [-0.1, -0.05) is 18.2 Å². The van der Waals surface area contributed by atoms with Gasteiger partial charge < -0.3 is 10.1 Å². The highest BCUT2D eigenvalue weighted by Gasteiger charge is 2.19. The highest BCUT2D eigenvalue weighted by molar-refractivity contribution is 5.63. The topological polar surface area (TPSA) is 73.4 Å². The summed E-state index contributed by atoms with van der Waals surface area (Å²) in [4.78, 5) is 24.8. The van der Waals surface area contributed by atoms with Gasteiger partial charge in [0, 0.05) is 18.3 Å². The van der Waals surface area contributed by atoms with E-state index in [1.54, 1.807) is 12.3 Å². The minimum atomic E-state index is -0.250. The Kier molecular flexibility index (Phi) is 6.11. The van der Waals surface area contributed by atoms with Gasteiger partial charge in [-0.05, 0) is 61.7 Å². The van der Waals surface area contributed by atoms with Crippen molar-refractivity contribution >= 4 is 6.47 Å². The Morgan fingerprint density at radius 1 is 1.17 bits per heavy atom. The Bertz CT molecular complexity index is 670. The van der Waals surface area contributed by atoms with Gasteiger partial charge >= 0.3 is 0 Å². The average Bonchev–Trinajstić information content (AvgIpc) is 3.10. The number of aromatic nitrogens is 1. The van der Waals surface area contributed by atoms with Crippen LogP contribution in [0.15, 0.2) is 47.4 Å². The lowest BCUT2D eigenvalue weighted by molar-refractivity contribution is -0.122. The van der Waals surface area contributed by atoms with Crippen molar-refractivity contribution in [3.05, 3.63) is 58.5 Å². The molecule has 1 saturated heterocycles. The molecule has 1 aliphatic rings. The van der Waals surface area contributed by atoms with Crippen molar-refractivity contribution in [2.24, 2.45) is 0 Å². The molecule has 0 aliphatic carbocycles. The number of carboxylic acid groups (broad SMARTS) is 1. The third kappa shape index (κ3) is 4.53. The smallest absolute Gasteiger partial charge is 0.290 e. The highest BCUT2D eigenvalue weighted by Crippen LogP contribution is 2.27. The van der Waals surface area contributed by atoms with E-state index < -0.39 is 0 Å². The Morgan fingerprint density at radius 3 is 2.48 bits per heavy atom. The van der Waals surface area contributed by atoms with Gasteiger partial charge in [0.05, 0.1) is 0 Å². The van der Waals surface area contributed by atoms with Crippen molar-refractivity contribution < 1.29 is 9.90 Å². The molecule has 2 aromatic rings. The van der Waals surface area contributed by atoms with Crippen LogP contribution in [0.1, 0.15) is 31.4 Å². The van der Waals surface area contributed by atoms with Gasteiger partial charge in [0.15, 0.2) is 0 Å². The monoisotopic (exact) mass is 314 g/mol. The third-order valence-corrected chi connectivity index (χ3v) is 4.17. The van der Waals surface area contributed by atoms with E-state index in [0.29, 0.717) is 6.04 Å². The molecule has 2 heterocycles. The van der Waals surface area contributed by atoms with Gasteiger partial charge in [0.1, 0.15) is 0 Å². The fraction of sp³-hybridized carbons (Fsp3) is 0.333. The third-order valence-electron chi connectivity index (χ3n) is 4.17. The molecule has 0 amide bonds. The first-order chi connectivity index (χ1) is 11.2. The van der Waals surface area contributed by atoms with Crippen LogP contribution in [0.2, 0.25) is 0 Å². The van der Waals surface area contributed by atoms with Gasteiger partial charge in [-0.25, -0.2) is 0 Å². The molecule has 5 nitrogen and oxygen atoms in total. The van der Waals surface area contributed by atoms with E-state index in [1.165, 1.54) is 31.5 Å². The minimum Gasteiger partial charge on any atom is -0.483 e. The number of nitrogens with zero attached hydrogens (tertiary/aromatic N) is 1. The first-order valence-corrected chi connectivity index (χ1v) is 7.76. The van der Waals surface area contributed by atoms with Gasteiger partial charge in [-0.15, -0.1) is 0 Å². The Morgan fingerprint density at radius 2 is 1.87 bits per heavy atom. The van der Waals surface area contributed by atoms with Crippen LogP contribution in [0.3, 0.4) is 0 Å². The van der Waals surface area contributed by atoms with Gasteiger partial charge in [0.2, 0.25) is 5.56 Å². The summed E-state index contributed by atoms with van der Waals surface area (Å²) in [6.07, 6.45) is 4.40. The molecule has 2 N–H and O–H groups in total. The normalized spacial score (nSPS) is 15.5. The summed E-state index contributed by atoms with van der Waals surface area (Å²) in [6, 6.07) is 12.5. The standard InChI is InChI=1S/C17H20N2O.CH2O2/c1-13(19-9-2-3-10-19)14-5-4-6-15(11-14)16-7-8-17(20)18-12-16;2-1-3/h4-8,11-13H,2-3,9-10H2,1H3,(H,18,20);1H,(H,2,3). The SMILES string of the molecule is CC(c1cccc(-c2ccc(=O)[nH]c2)c1)N1CCCC1.O=CO. The molecule has 1 atom stereocenters. The zero-order valence-corrected chi connectivity index (χ0v) is 13.2. The molecule has 0 bridgehead atoms. The number of aromatic amines is 1. The average molecular weight is 314 g/mol. The molecule has 122 valence electrons. The summed E-state index contributed by atoms with van der Waals surface area (Å²) in [5, 5.41) is 6.89. The van der Waals surface area contributed by atoms with Gasteiger partial charge in [-0.3, -0.25) is 14.5 Å². The second kappa shape index (κ2) is 8.29. The number of H-pyrrole nitrogens is 1. The maximum Gasteiger partial charge on any atom is 0.290 e. The molecule has 1 fully saturated rings. The van der Waals surface area contributed by atoms with E-state index in [9.17, 15) is 4.79 Å². The quantitative estimate of drug-likeness (QED) is 0.854. The molecule has 0 saturated carbocycles. The summed E-state index contributed by atoms with van der Waals surface area (Å²) < 4.78 is 0. The molecule has 0 spiro atoms. The summed E-state index contributed by atoms with van der Waals surface area (Å²) in [7, 11) is 0. The second-order valence-electron chi connectivity index (χ2n) is 5.59. The molecule has 5 heteroatoms. The molecule has 1 unspecified atom stereocenters. The van der Waals surface area contributed by atoms with Crippen molar-refractivity contribution in [2.45, 2.75) is 25.8 Å². The fourth-order valence-electron chi connectivity index (χ4n) is 2.91. The zero-order valence-electron chi connectivity index (χ0n) is 13.2. The molecule has 23 heavy (non-hydrogen) atoms. The molecule has 1 aliphatic heterocycles. The van der Waals surface area contributed by atoms with E-state index in [2.05, 4.69) is 41.1 Å². The largest absolute Gasteiger partial charge is 0.483 e. The van der Waals surface area contributed by atoms with Gasteiger partial charge in [0.25, 0.3) is 6.47 Å². The Balaban J connectivity index is 0.000000595. The van der Waals surface area contributed by atoms with Crippen molar-refractivity contribution in [1.29, 1.82) is 0 Å². The molecule has 3 rings (SSSR count). The van der Waals surface area contributed by atoms with E-state index in [4.69, 9.17) is 9.90 Å². The molecular formula is C18H22N2O3. The molecule has 1 aromatic heterocycles. The Labute approximate surface area is 135 Å². The number of pyridine rings is 1.